The molecule has 3 atom stereocenters. The van der Waals surface area contributed by atoms with E-state index in [1.165, 1.54) is 0 Å². The van der Waals surface area contributed by atoms with E-state index in [0.29, 0.717) is 96.0 Å². The number of nitrogens with two attached hydrogens (primary N) is 1. The highest BCUT2D eigenvalue weighted by Crippen LogP contribution is 2.45. The van der Waals surface area contributed by atoms with Crippen LogP contribution < -0.4 is 29.4 Å². The van der Waals surface area contributed by atoms with Crippen molar-refractivity contribution in [2.45, 2.75) is 36.9 Å². The maximum atomic E-state index is 14.0. The number of benzene rings is 4. The molecule has 13 heteroatoms. The van der Waals surface area contributed by atoms with Gasteiger partial charge in [0.05, 0.1) is 68.6 Å². The molecule has 2 amide bonds. The topological polar surface area (TPSA) is 147 Å². The molecule has 0 aromatic heterocycles. The lowest BCUT2D eigenvalue weighted by molar-refractivity contribution is -0.0452. The number of hydrogen-bond acceptors (Lipinski definition) is 11. The van der Waals surface area contributed by atoms with Crippen LogP contribution in [0.25, 0.3) is 5.57 Å². The van der Waals surface area contributed by atoms with Gasteiger partial charge in [-0.2, -0.15) is 0 Å². The van der Waals surface area contributed by atoms with Crippen molar-refractivity contribution in [3.05, 3.63) is 101 Å². The second-order valence-corrected chi connectivity index (χ2v) is 14.0. The van der Waals surface area contributed by atoms with Crippen LogP contribution in [-0.2, 0) is 10.3 Å². The second kappa shape index (κ2) is 13.8. The lowest BCUT2D eigenvalue weighted by Gasteiger charge is -2.30. The van der Waals surface area contributed by atoms with Crippen LogP contribution >= 0.6 is 0 Å². The van der Waals surface area contributed by atoms with Gasteiger partial charge in [0.15, 0.2) is 23.0 Å². The first-order valence-corrected chi connectivity index (χ1v) is 18.2. The van der Waals surface area contributed by atoms with Crippen molar-refractivity contribution in [2.24, 2.45) is 9.98 Å². The molecule has 0 spiro atoms. The Morgan fingerprint density at radius 1 is 0.818 bits per heavy atom. The van der Waals surface area contributed by atoms with Gasteiger partial charge in [-0.05, 0) is 65.2 Å². The molecular weight excluding hydrogens is 702 g/mol. The summed E-state index contributed by atoms with van der Waals surface area (Å²) in [5.41, 5.74) is 10.7. The average Bonchev–Trinajstić information content (AvgIpc) is 3.93. The summed E-state index contributed by atoms with van der Waals surface area (Å²) in [4.78, 5) is 40.7. The zero-order chi connectivity index (χ0) is 37.7. The molecule has 9 rings (SSSR count). The number of carbonyl (C=O) groups excluding carboxylic acids is 2. The number of aliphatic imine (C=N–C) groups is 2. The first kappa shape index (κ1) is 34.4. The van der Waals surface area contributed by atoms with Crippen LogP contribution in [0.4, 0.5) is 17.1 Å². The van der Waals surface area contributed by atoms with Gasteiger partial charge in [0.2, 0.25) is 6.79 Å². The van der Waals surface area contributed by atoms with Crippen molar-refractivity contribution >= 4 is 46.9 Å². The van der Waals surface area contributed by atoms with Gasteiger partial charge in [-0.3, -0.25) is 19.6 Å². The Bertz CT molecular complexity index is 2290. The average molecular weight is 742 g/mol. The third kappa shape index (κ3) is 6.19. The standard InChI is InChI=1S/C42H39N5O8/c1-50-31-9-10-34-32(16-31)41(49)47-23-42(19-30(47)21-44-34,27-6-11-36-38(15-27)54-24-53-36)55-13-3-12-52-39-18-35-33(17-37(39)51-2)40(48)46-22-26(14-29(46)20-45-35)25-4-7-28(43)8-5-25/h4-11,15-18,20-22,29-30H,3,12-14,19,23-24,43H2,1-2H3/t29-,30-,42?/m0/s1. The summed E-state index contributed by atoms with van der Waals surface area (Å²) < 4.78 is 35.4. The number of anilines is 1. The fourth-order valence-electron chi connectivity index (χ4n) is 7.86. The molecule has 55 heavy (non-hydrogen) atoms. The fraction of sp³-hybridized carbons (Fsp3) is 0.286. The lowest BCUT2D eigenvalue weighted by Crippen LogP contribution is -2.38. The van der Waals surface area contributed by atoms with Crippen LogP contribution in [0.1, 0.15) is 51.1 Å². The quantitative estimate of drug-likeness (QED) is 0.146. The van der Waals surface area contributed by atoms with E-state index in [9.17, 15) is 9.59 Å². The number of nitrogens with zero attached hydrogens (tertiary/aromatic N) is 4. The fourth-order valence-corrected chi connectivity index (χ4v) is 7.86. The van der Waals surface area contributed by atoms with E-state index in [1.54, 1.807) is 49.5 Å². The molecule has 1 saturated heterocycles. The Labute approximate surface area is 317 Å². The van der Waals surface area contributed by atoms with Crippen molar-refractivity contribution in [3.8, 4) is 28.7 Å². The summed E-state index contributed by atoms with van der Waals surface area (Å²) in [6, 6.07) is 21.7. The van der Waals surface area contributed by atoms with E-state index in [1.807, 2.05) is 66.0 Å². The molecule has 4 aromatic rings. The molecule has 5 aliphatic rings. The van der Waals surface area contributed by atoms with Gasteiger partial charge in [0.25, 0.3) is 11.8 Å². The summed E-state index contributed by atoms with van der Waals surface area (Å²) in [7, 11) is 3.12. The number of hydrogen-bond donors (Lipinski definition) is 1. The van der Waals surface area contributed by atoms with Crippen molar-refractivity contribution in [2.75, 3.05) is 46.5 Å². The molecule has 0 aliphatic carbocycles. The van der Waals surface area contributed by atoms with Crippen molar-refractivity contribution in [1.29, 1.82) is 0 Å². The minimum Gasteiger partial charge on any atom is -0.497 e. The summed E-state index contributed by atoms with van der Waals surface area (Å²) in [5.74, 6) is 2.49. The minimum atomic E-state index is -0.851. The van der Waals surface area contributed by atoms with Crippen molar-refractivity contribution in [3.63, 3.8) is 0 Å². The first-order valence-electron chi connectivity index (χ1n) is 18.2. The molecule has 4 aromatic carbocycles. The van der Waals surface area contributed by atoms with E-state index in [2.05, 4.69) is 0 Å². The molecule has 2 N–H and O–H groups in total. The van der Waals surface area contributed by atoms with Crippen LogP contribution in [0.2, 0.25) is 0 Å². The number of nitrogen functional groups attached to an aromatic ring is 1. The smallest absolute Gasteiger partial charge is 0.260 e. The van der Waals surface area contributed by atoms with E-state index < -0.39 is 5.60 Å². The van der Waals surface area contributed by atoms with Gasteiger partial charge in [0.1, 0.15) is 11.4 Å². The predicted octanol–water partition coefficient (Wildman–Crippen LogP) is 6.30. The number of carbonyl (C=O) groups is 2. The minimum absolute atomic E-state index is 0.138. The molecule has 5 heterocycles. The van der Waals surface area contributed by atoms with Crippen LogP contribution in [0.15, 0.2) is 89.0 Å². The van der Waals surface area contributed by atoms with Gasteiger partial charge in [-0.25, -0.2) is 0 Å². The Kier molecular flexibility index (Phi) is 8.65. The highest BCUT2D eigenvalue weighted by Gasteiger charge is 2.49. The molecule has 0 radical (unpaired) electrons. The van der Waals surface area contributed by atoms with Crippen molar-refractivity contribution in [1.82, 2.24) is 9.80 Å². The monoisotopic (exact) mass is 741 g/mol. The number of amides is 2. The Morgan fingerprint density at radius 2 is 1.62 bits per heavy atom. The third-order valence-electron chi connectivity index (χ3n) is 10.8. The molecule has 280 valence electrons. The van der Waals surface area contributed by atoms with Gasteiger partial charge >= 0.3 is 0 Å². The van der Waals surface area contributed by atoms with Crippen molar-refractivity contribution < 1.29 is 38.0 Å². The number of fused-ring (bicyclic) bond motifs is 5. The Morgan fingerprint density at radius 3 is 2.45 bits per heavy atom. The SMILES string of the molecule is COc1ccc2c(c1)C(=O)N1CC(OCCCOc3cc4c(cc3OC)C(=O)N3C=C(c5ccc(N)cc5)C[C@H]3C=N4)(c3ccc4c(c3)OCO4)C[C@H]1C=N2. The van der Waals surface area contributed by atoms with Crippen LogP contribution in [0.5, 0.6) is 28.7 Å². The molecule has 1 fully saturated rings. The molecule has 0 saturated carbocycles. The molecule has 1 unspecified atom stereocenters. The number of methoxy groups -OCH3 is 2. The predicted molar refractivity (Wildman–Crippen MR) is 205 cm³/mol. The highest BCUT2D eigenvalue weighted by molar-refractivity contribution is 6.05. The number of rotatable bonds is 10. The largest absolute Gasteiger partial charge is 0.497 e. The van der Waals surface area contributed by atoms with Crippen LogP contribution in [0, 0.1) is 0 Å². The molecule has 13 nitrogen and oxygen atoms in total. The maximum Gasteiger partial charge on any atom is 0.260 e. The van der Waals surface area contributed by atoms with Crippen LogP contribution in [0.3, 0.4) is 0 Å². The zero-order valence-electron chi connectivity index (χ0n) is 30.4. The zero-order valence-corrected chi connectivity index (χ0v) is 30.4. The summed E-state index contributed by atoms with van der Waals surface area (Å²) in [6.07, 6.45) is 7.19. The molecular formula is C42H39N5O8. The van der Waals surface area contributed by atoms with E-state index in [4.69, 9.17) is 44.1 Å². The second-order valence-electron chi connectivity index (χ2n) is 14.0. The van der Waals surface area contributed by atoms with Gasteiger partial charge in [-0.15, -0.1) is 0 Å². The highest BCUT2D eigenvalue weighted by atomic mass is 16.7. The van der Waals surface area contributed by atoms with E-state index >= 15 is 0 Å². The van der Waals surface area contributed by atoms with Crippen LogP contribution in [-0.4, -0.2) is 86.9 Å². The lowest BCUT2D eigenvalue weighted by atomic mass is 9.90. The molecule has 0 bridgehead atoms. The van der Waals surface area contributed by atoms with Gasteiger partial charge in [0, 0.05) is 49.6 Å². The maximum absolute atomic E-state index is 14.0. The van der Waals surface area contributed by atoms with E-state index in [-0.39, 0.29) is 30.7 Å². The van der Waals surface area contributed by atoms with Gasteiger partial charge in [-0.1, -0.05) is 18.2 Å². The normalized spacial score (nSPS) is 21.7. The third-order valence-corrected chi connectivity index (χ3v) is 10.8. The first-order chi connectivity index (χ1) is 26.8. The summed E-state index contributed by atoms with van der Waals surface area (Å²) in [5, 5.41) is 0. The molecule has 5 aliphatic heterocycles. The van der Waals surface area contributed by atoms with Gasteiger partial charge < -0.3 is 44.0 Å². The Balaban J connectivity index is 0.906. The number of ether oxygens (including phenoxy) is 6. The van der Waals surface area contributed by atoms with E-state index in [0.717, 1.165) is 16.7 Å². The summed E-state index contributed by atoms with van der Waals surface area (Å²) in [6.45, 7) is 1.08. The Hall–Kier alpha value is -6.34. The summed E-state index contributed by atoms with van der Waals surface area (Å²) >= 11 is 0.